The van der Waals surface area contributed by atoms with Gasteiger partial charge in [-0.25, -0.2) is 4.79 Å². The van der Waals surface area contributed by atoms with Gasteiger partial charge in [-0.3, -0.25) is 0 Å². The highest BCUT2D eigenvalue weighted by atomic mass is 16.8. The fraction of sp³-hybridized carbons (Fsp3) is 0.559. The first-order valence-electron chi connectivity index (χ1n) is 16.7. The van der Waals surface area contributed by atoms with E-state index in [1.54, 1.807) is 0 Å². The molecule has 3 saturated heterocycles. The zero-order chi connectivity index (χ0) is 39.3. The highest BCUT2D eigenvalue weighted by molar-refractivity contribution is 5.87. The summed E-state index contributed by atoms with van der Waals surface area (Å²) in [6.45, 7) is -3.48. The van der Waals surface area contributed by atoms with E-state index in [4.69, 9.17) is 33.2 Å². The van der Waals surface area contributed by atoms with Gasteiger partial charge in [-0.05, 0) is 47.9 Å². The fourth-order valence-corrected chi connectivity index (χ4v) is 6.00. The van der Waals surface area contributed by atoms with Crippen LogP contribution in [0.3, 0.4) is 0 Å². The third kappa shape index (κ3) is 9.21. The number of aliphatic hydroxyl groups is 8. The maximum absolute atomic E-state index is 13.2. The molecule has 2 aromatic rings. The number of phenolic OH excluding ortho intramolecular Hbond substituents is 4. The summed E-state index contributed by atoms with van der Waals surface area (Å²) in [4.78, 5) is 13.2. The normalized spacial score (nSPS) is 35.7. The molecule has 0 bridgehead atoms. The van der Waals surface area contributed by atoms with E-state index in [0.717, 1.165) is 12.1 Å². The highest BCUT2D eigenvalue weighted by Crippen LogP contribution is 2.36. The first-order chi connectivity index (χ1) is 25.7. The van der Waals surface area contributed by atoms with Crippen LogP contribution >= 0.6 is 0 Å². The molecule has 0 aromatic heterocycles. The number of aliphatic hydroxyl groups excluding tert-OH is 7. The molecule has 20 heteroatoms. The van der Waals surface area contributed by atoms with Crippen molar-refractivity contribution in [1.29, 1.82) is 0 Å². The van der Waals surface area contributed by atoms with Crippen LogP contribution in [0.1, 0.15) is 11.1 Å². The zero-order valence-electron chi connectivity index (χ0n) is 28.4. The van der Waals surface area contributed by atoms with Crippen molar-refractivity contribution in [3.05, 3.63) is 53.6 Å². The minimum Gasteiger partial charge on any atom is -0.504 e. The van der Waals surface area contributed by atoms with Crippen LogP contribution in [-0.2, 0) is 44.4 Å². The van der Waals surface area contributed by atoms with Crippen molar-refractivity contribution in [2.75, 3.05) is 33.0 Å². The van der Waals surface area contributed by atoms with Crippen LogP contribution in [0.15, 0.2) is 42.5 Å². The molecular weight excluding hydrogens is 728 g/mol. The van der Waals surface area contributed by atoms with Gasteiger partial charge >= 0.3 is 5.97 Å². The average Bonchev–Trinajstić information content (AvgIpc) is 3.44. The number of aromatic hydroxyl groups is 4. The lowest BCUT2D eigenvalue weighted by Gasteiger charge is -2.48. The maximum Gasteiger partial charge on any atom is 0.331 e. The third-order valence-corrected chi connectivity index (χ3v) is 9.16. The average molecular weight is 773 g/mol. The summed E-state index contributed by atoms with van der Waals surface area (Å²) in [5, 5.41) is 122. The smallest absolute Gasteiger partial charge is 0.331 e. The first kappa shape index (κ1) is 41.5. The van der Waals surface area contributed by atoms with Crippen LogP contribution < -0.4 is 0 Å². The van der Waals surface area contributed by atoms with Gasteiger partial charge in [0.2, 0.25) is 0 Å². The number of phenols is 4. The number of ether oxygens (including phenoxy) is 7. The second-order valence-electron chi connectivity index (χ2n) is 12.9. The van der Waals surface area contributed by atoms with Crippen LogP contribution in [-0.4, -0.2) is 180 Å². The van der Waals surface area contributed by atoms with Gasteiger partial charge in [-0.15, -0.1) is 0 Å². The van der Waals surface area contributed by atoms with E-state index in [-0.39, 0.29) is 24.3 Å². The van der Waals surface area contributed by atoms with Gasteiger partial charge in [0.1, 0.15) is 54.4 Å². The van der Waals surface area contributed by atoms with Gasteiger partial charge in [-0.2, -0.15) is 0 Å². The molecule has 2 aromatic carbocycles. The lowest BCUT2D eigenvalue weighted by atomic mass is 9.96. The number of rotatable bonds is 14. The zero-order valence-corrected chi connectivity index (χ0v) is 28.4. The van der Waals surface area contributed by atoms with Crippen molar-refractivity contribution >= 4 is 12.0 Å². The minimum absolute atomic E-state index is 0.0831. The van der Waals surface area contributed by atoms with E-state index < -0.39 is 129 Å². The van der Waals surface area contributed by atoms with Crippen LogP contribution in [0, 0.1) is 0 Å². The molecule has 0 unspecified atom stereocenters. The highest BCUT2D eigenvalue weighted by Gasteiger charge is 2.57. The second-order valence-corrected chi connectivity index (χ2v) is 12.9. The van der Waals surface area contributed by atoms with Crippen molar-refractivity contribution in [2.24, 2.45) is 0 Å². The molecule has 3 aliphatic heterocycles. The van der Waals surface area contributed by atoms with E-state index >= 15 is 0 Å². The summed E-state index contributed by atoms with van der Waals surface area (Å²) in [6, 6.07) is 7.71. The van der Waals surface area contributed by atoms with Crippen LogP contribution in [0.2, 0.25) is 0 Å². The van der Waals surface area contributed by atoms with Crippen molar-refractivity contribution < 1.29 is 99.2 Å². The third-order valence-electron chi connectivity index (χ3n) is 9.16. The Labute approximate surface area is 306 Å². The van der Waals surface area contributed by atoms with E-state index in [1.807, 2.05) is 0 Å². The molecule has 0 saturated carbocycles. The molecule has 20 nitrogen and oxygen atoms in total. The molecule has 3 heterocycles. The van der Waals surface area contributed by atoms with Crippen molar-refractivity contribution in [2.45, 2.75) is 85.8 Å². The quantitative estimate of drug-likeness (QED) is 0.0502. The summed E-state index contributed by atoms with van der Waals surface area (Å²) >= 11 is 0. The molecule has 0 aliphatic carbocycles. The Balaban J connectivity index is 1.49. The Morgan fingerprint density at radius 2 is 1.41 bits per heavy atom. The predicted molar refractivity (Wildman–Crippen MR) is 175 cm³/mol. The molecule has 0 radical (unpaired) electrons. The number of benzene rings is 2. The number of hydrogen-bond donors (Lipinski definition) is 12. The van der Waals surface area contributed by atoms with Gasteiger partial charge in [0.15, 0.2) is 48.0 Å². The fourth-order valence-electron chi connectivity index (χ4n) is 6.00. The Morgan fingerprint density at radius 1 is 0.759 bits per heavy atom. The summed E-state index contributed by atoms with van der Waals surface area (Å²) in [5.41, 5.74) is -1.44. The molecule has 300 valence electrons. The van der Waals surface area contributed by atoms with Gasteiger partial charge < -0.3 is 94.4 Å². The second kappa shape index (κ2) is 17.8. The minimum atomic E-state index is -2.20. The lowest BCUT2D eigenvalue weighted by Crippen LogP contribution is -2.66. The molecule has 0 amide bonds. The maximum atomic E-state index is 13.2. The van der Waals surface area contributed by atoms with Gasteiger partial charge in [0, 0.05) is 6.08 Å². The summed E-state index contributed by atoms with van der Waals surface area (Å²) in [5.74, 6) is -2.73. The predicted octanol–water partition coefficient (Wildman–Crippen LogP) is -3.58. The molecule has 54 heavy (non-hydrogen) atoms. The number of hydrogen-bond acceptors (Lipinski definition) is 20. The van der Waals surface area contributed by atoms with Gasteiger partial charge in [0.05, 0.1) is 33.0 Å². The van der Waals surface area contributed by atoms with Crippen molar-refractivity contribution in [3.63, 3.8) is 0 Å². The number of esters is 1. The molecule has 0 spiro atoms. The Morgan fingerprint density at radius 3 is 2.04 bits per heavy atom. The molecular formula is C34H44O20. The molecule has 5 rings (SSSR count). The van der Waals surface area contributed by atoms with E-state index in [9.17, 15) is 66.1 Å². The monoisotopic (exact) mass is 772 g/mol. The largest absolute Gasteiger partial charge is 0.504 e. The number of carbonyl (C=O) groups is 1. The Bertz CT molecular complexity index is 1590. The lowest BCUT2D eigenvalue weighted by molar-refractivity contribution is -0.380. The molecule has 12 N–H and O–H groups in total. The standard InChI is InChI=1S/C34H44O20/c35-11-21-24(43)25(44)26(45)31(50-21)54-29-28(53-33-30(46)34(47,13-37)14-49-33)27(52-23(42)6-3-15-1-4-17(38)19(40)9-15)22(12-36)51-32(29)48-8-7-16-2-5-18(39)20(41)10-16/h1-6,9-10,21-22,24-33,35-41,43-47H,7-8,11-14H2/b6-3+/t21-,22-,24-,25+,26-,27-,28+,29-,30+,31+,32-,33+,34-/m1/s1. The Hall–Kier alpha value is -3.71. The van der Waals surface area contributed by atoms with Crippen LogP contribution in [0.4, 0.5) is 0 Å². The molecule has 3 fully saturated rings. The summed E-state index contributed by atoms with van der Waals surface area (Å²) in [6.07, 6.45) is -18.7. The van der Waals surface area contributed by atoms with E-state index in [1.165, 1.54) is 36.4 Å². The Kier molecular flexibility index (Phi) is 13.7. The van der Waals surface area contributed by atoms with Crippen LogP contribution in [0.25, 0.3) is 6.08 Å². The molecule has 3 aliphatic rings. The van der Waals surface area contributed by atoms with E-state index in [2.05, 4.69) is 0 Å². The van der Waals surface area contributed by atoms with Gasteiger partial charge in [-0.1, -0.05) is 12.1 Å². The summed E-state index contributed by atoms with van der Waals surface area (Å²) < 4.78 is 40.7. The topological polar surface area (TPSA) is 324 Å². The van der Waals surface area contributed by atoms with Crippen molar-refractivity contribution in [1.82, 2.24) is 0 Å². The SMILES string of the molecule is O=C(/C=C/c1ccc(O)c(O)c1)O[C@H]1[C@H](O[C@@H]2OC[C@](O)(CO)[C@H]2O)[C@@H](O[C@@H]2O[C@H](CO)[C@@H](O)[C@H](O)[C@H]2O)[C@H](OCCc2ccc(O)c(O)c2)O[C@@H]1CO. The number of carbonyl (C=O) groups excluding carboxylic acids is 1. The summed E-state index contributed by atoms with van der Waals surface area (Å²) in [7, 11) is 0. The van der Waals surface area contributed by atoms with Gasteiger partial charge in [0.25, 0.3) is 0 Å². The molecule has 13 atom stereocenters. The van der Waals surface area contributed by atoms with E-state index in [0.29, 0.717) is 5.56 Å². The first-order valence-corrected chi connectivity index (χ1v) is 16.7. The van der Waals surface area contributed by atoms with Crippen molar-refractivity contribution in [3.8, 4) is 23.0 Å². The van der Waals surface area contributed by atoms with Crippen LogP contribution in [0.5, 0.6) is 23.0 Å².